The normalized spacial score (nSPS) is 15.6. The average molecular weight is 928 g/mol. The van der Waals surface area contributed by atoms with Crippen LogP contribution in [0, 0.1) is 7.05 Å². The highest BCUT2D eigenvalue weighted by atomic mass is 16.4. The minimum Gasteiger partial charge on any atom is -0.480 e. The third-order valence-electron chi connectivity index (χ3n) is 11.7. The molecule has 0 unspecified atom stereocenters. The largest absolute Gasteiger partial charge is 0.480 e. The molecule has 382 valence electrons. The molecule has 2 radical (unpaired) electrons. The lowest BCUT2D eigenvalue weighted by molar-refractivity contribution is -0.140. The molecule has 1 aliphatic heterocycles. The van der Waals surface area contributed by atoms with Crippen LogP contribution < -0.4 is 37.6 Å². The Labute approximate surface area is 395 Å². The second-order valence-electron chi connectivity index (χ2n) is 17.5. The molecule has 1 rings (SSSR count). The van der Waals surface area contributed by atoms with Crippen LogP contribution in [0.25, 0.3) is 0 Å². The predicted octanol–water partition coefficient (Wildman–Crippen LogP) is -2.86. The molecule has 0 aromatic carbocycles. The van der Waals surface area contributed by atoms with Crippen molar-refractivity contribution in [3.05, 3.63) is 7.05 Å². The van der Waals surface area contributed by atoms with Gasteiger partial charge in [0.25, 0.3) is 0 Å². The van der Waals surface area contributed by atoms with Crippen LogP contribution in [0.2, 0.25) is 0 Å². The number of nitrogens with two attached hydrogens (primary N) is 1. The summed E-state index contributed by atoms with van der Waals surface area (Å²) in [7, 11) is 10.6. The number of aliphatic carboxylic acids is 2. The van der Waals surface area contributed by atoms with Crippen molar-refractivity contribution in [2.75, 3.05) is 230 Å². The number of carboxylic acids is 2. The Hall–Kier alpha value is -2.15. The Morgan fingerprint density at radius 1 is 0.492 bits per heavy atom. The van der Waals surface area contributed by atoms with E-state index in [9.17, 15) is 24.6 Å². The first-order valence-electron chi connectivity index (χ1n) is 24.9. The predicted molar refractivity (Wildman–Crippen MR) is 265 cm³/mol. The van der Waals surface area contributed by atoms with E-state index in [2.05, 4.69) is 79.4 Å². The van der Waals surface area contributed by atoms with Crippen molar-refractivity contribution in [3.63, 3.8) is 0 Å². The lowest BCUT2D eigenvalue weighted by Gasteiger charge is -2.32. The van der Waals surface area contributed by atoms with Crippen molar-refractivity contribution in [1.82, 2.24) is 71.1 Å². The fraction of sp³-hybridized carbons (Fsp3) is 0.911. The fourth-order valence-corrected chi connectivity index (χ4v) is 7.60. The van der Waals surface area contributed by atoms with E-state index in [0.29, 0.717) is 65.4 Å². The molecule has 65 heavy (non-hydrogen) atoms. The molecule has 0 bridgehead atoms. The fourth-order valence-electron chi connectivity index (χ4n) is 7.60. The number of carbonyl (C=O) groups is 3. The van der Waals surface area contributed by atoms with E-state index in [1.54, 1.807) is 9.80 Å². The maximum absolute atomic E-state index is 13.5. The first-order valence-corrected chi connectivity index (χ1v) is 24.9. The third-order valence-corrected chi connectivity index (χ3v) is 11.7. The third kappa shape index (κ3) is 37.5. The topological polar surface area (TPSA) is 216 Å². The van der Waals surface area contributed by atoms with Gasteiger partial charge in [0.1, 0.15) is 0 Å². The Morgan fingerprint density at radius 3 is 1.46 bits per heavy atom. The SMILES string of the molecule is [CH]N1CCN(CC(=O)O)CCN(CC(=O)O)CCN(CC(=O)NCCN(CCCCCN(C)CCNCCNCC)CCN(CCCNCCNCC)CCNCCN(C)CCN)CC1. The smallest absolute Gasteiger partial charge is 0.317 e. The molecule has 0 atom stereocenters. The number of hydrogen-bond acceptors (Lipinski definition) is 17. The van der Waals surface area contributed by atoms with Gasteiger partial charge in [-0.25, -0.2) is 0 Å². The number of hydrogen-bond donors (Lipinski definition) is 9. The second kappa shape index (κ2) is 42.0. The van der Waals surface area contributed by atoms with Crippen LogP contribution >= 0.6 is 0 Å². The first kappa shape index (κ1) is 60.9. The molecule has 0 aromatic heterocycles. The van der Waals surface area contributed by atoms with Crippen molar-refractivity contribution >= 4 is 17.8 Å². The Kier molecular flexibility index (Phi) is 39.3. The molecule has 1 saturated heterocycles. The van der Waals surface area contributed by atoms with Gasteiger partial charge in [-0.05, 0) is 72.6 Å². The average Bonchev–Trinajstić information content (AvgIpc) is 3.26. The van der Waals surface area contributed by atoms with Crippen molar-refractivity contribution in [3.8, 4) is 0 Å². The van der Waals surface area contributed by atoms with E-state index in [-0.39, 0.29) is 25.5 Å². The van der Waals surface area contributed by atoms with Crippen LogP contribution in [-0.2, 0) is 14.4 Å². The highest BCUT2D eigenvalue weighted by molar-refractivity contribution is 5.78. The summed E-state index contributed by atoms with van der Waals surface area (Å²) in [6.45, 7) is 28.3. The Morgan fingerprint density at radius 2 is 0.923 bits per heavy atom. The summed E-state index contributed by atoms with van der Waals surface area (Å²) in [6, 6.07) is 0. The van der Waals surface area contributed by atoms with Gasteiger partial charge < -0.3 is 67.4 Å². The van der Waals surface area contributed by atoms with Crippen LogP contribution in [-0.4, -0.2) is 297 Å². The maximum atomic E-state index is 13.5. The van der Waals surface area contributed by atoms with E-state index >= 15 is 0 Å². The van der Waals surface area contributed by atoms with E-state index in [4.69, 9.17) is 12.8 Å². The molecule has 10 N–H and O–H groups in total. The van der Waals surface area contributed by atoms with Crippen molar-refractivity contribution in [1.29, 1.82) is 0 Å². The lowest BCUT2D eigenvalue weighted by Crippen LogP contribution is -2.49. The molecule has 20 nitrogen and oxygen atoms in total. The van der Waals surface area contributed by atoms with E-state index < -0.39 is 11.9 Å². The van der Waals surface area contributed by atoms with Gasteiger partial charge in [0, 0.05) is 164 Å². The van der Waals surface area contributed by atoms with Gasteiger partial charge in [-0.15, -0.1) is 0 Å². The number of nitrogens with zero attached hydrogens (tertiary/aromatic N) is 8. The number of amides is 1. The zero-order valence-corrected chi connectivity index (χ0v) is 41.5. The summed E-state index contributed by atoms with van der Waals surface area (Å²) in [5.74, 6) is -1.94. The summed E-state index contributed by atoms with van der Waals surface area (Å²) in [6.07, 6.45) is 4.48. The molecule has 20 heteroatoms. The molecule has 1 amide bonds. The molecular formula is C45H97N15O5. The Balaban J connectivity index is 2.88. The Bertz CT molecular complexity index is 1150. The van der Waals surface area contributed by atoms with Gasteiger partial charge in [-0.1, -0.05) is 20.3 Å². The standard InChI is InChI=1S/C45H97N15O5/c1-6-47-14-16-49-13-11-24-57(28-20-51-19-27-54(4)25-12-46)35-34-56(23-10-8-9-22-53(3)26-18-50-17-15-48-7-2)29-21-52-43(61)40-58-32-30-55(5)31-33-59(41-44(62)63)38-39-60(37-36-58)42-45(64)65/h5,47-51H,6-42,46H2,1-4H3,(H,52,61)(H,62,63)(H,64,65). The van der Waals surface area contributed by atoms with Crippen molar-refractivity contribution in [2.45, 2.75) is 39.5 Å². The van der Waals surface area contributed by atoms with Gasteiger partial charge >= 0.3 is 11.9 Å². The number of unbranched alkanes of at least 4 members (excludes halogenated alkanes) is 2. The minimum atomic E-state index is -0.940. The van der Waals surface area contributed by atoms with E-state index in [0.717, 1.165) is 157 Å². The van der Waals surface area contributed by atoms with Gasteiger partial charge in [0.05, 0.1) is 19.6 Å². The summed E-state index contributed by atoms with van der Waals surface area (Å²) < 4.78 is 0. The lowest BCUT2D eigenvalue weighted by atomic mass is 10.2. The quantitative estimate of drug-likeness (QED) is 0.0282. The summed E-state index contributed by atoms with van der Waals surface area (Å²) in [5.41, 5.74) is 5.74. The number of likely N-dealkylation sites (N-methyl/N-ethyl adjacent to an activating group) is 4. The molecule has 0 aliphatic carbocycles. The molecule has 0 spiro atoms. The highest BCUT2D eigenvalue weighted by Crippen LogP contribution is 2.04. The van der Waals surface area contributed by atoms with Crippen LogP contribution in [0.1, 0.15) is 39.5 Å². The molecular weight excluding hydrogens is 831 g/mol. The molecule has 1 fully saturated rings. The van der Waals surface area contributed by atoms with Crippen molar-refractivity contribution < 1.29 is 24.6 Å². The summed E-state index contributed by atoms with van der Waals surface area (Å²) in [5, 5.41) is 39.6. The highest BCUT2D eigenvalue weighted by Gasteiger charge is 2.20. The van der Waals surface area contributed by atoms with Crippen LogP contribution in [0.15, 0.2) is 0 Å². The number of carboxylic acid groups (broad SMARTS) is 2. The van der Waals surface area contributed by atoms with Crippen LogP contribution in [0.4, 0.5) is 0 Å². The number of nitrogens with one attached hydrogen (secondary N) is 6. The van der Waals surface area contributed by atoms with E-state index in [1.165, 1.54) is 0 Å². The summed E-state index contributed by atoms with van der Waals surface area (Å²) in [4.78, 5) is 53.7. The molecule has 0 saturated carbocycles. The van der Waals surface area contributed by atoms with Gasteiger partial charge in [-0.2, -0.15) is 0 Å². The van der Waals surface area contributed by atoms with Crippen molar-refractivity contribution in [2.24, 2.45) is 5.73 Å². The van der Waals surface area contributed by atoms with Gasteiger partial charge in [0.15, 0.2) is 0 Å². The number of rotatable bonds is 41. The zero-order chi connectivity index (χ0) is 47.8. The van der Waals surface area contributed by atoms with Crippen LogP contribution in [0.3, 0.4) is 0 Å². The molecule has 1 heterocycles. The van der Waals surface area contributed by atoms with E-state index in [1.807, 2.05) is 9.80 Å². The zero-order valence-electron chi connectivity index (χ0n) is 41.5. The molecule has 1 aliphatic rings. The summed E-state index contributed by atoms with van der Waals surface area (Å²) >= 11 is 0. The minimum absolute atomic E-state index is 0.0661. The maximum Gasteiger partial charge on any atom is 0.317 e. The number of carbonyl (C=O) groups excluding carboxylic acids is 1. The molecule has 0 aromatic rings. The monoisotopic (exact) mass is 928 g/mol. The first-order chi connectivity index (χ1) is 31.4. The van der Waals surface area contributed by atoms with Crippen LogP contribution in [0.5, 0.6) is 0 Å². The van der Waals surface area contributed by atoms with Gasteiger partial charge in [0.2, 0.25) is 5.91 Å². The second-order valence-corrected chi connectivity index (χ2v) is 17.5. The van der Waals surface area contributed by atoms with Gasteiger partial charge in [-0.3, -0.25) is 34.0 Å².